The van der Waals surface area contributed by atoms with Gasteiger partial charge in [0, 0.05) is 12.5 Å². The number of alkyl halides is 5. The van der Waals surface area contributed by atoms with Gasteiger partial charge in [0.1, 0.15) is 0 Å². The molecule has 0 saturated carbocycles. The largest absolute Gasteiger partial charge is 0.453 e. The average molecular weight is 343 g/mol. The van der Waals surface area contributed by atoms with Crippen LogP contribution in [0.2, 0.25) is 0 Å². The molecule has 0 aromatic heterocycles. The summed E-state index contributed by atoms with van der Waals surface area (Å²) in [4.78, 5) is 2.52. The Morgan fingerprint density at radius 3 is 2.26 bits per heavy atom. The zero-order valence-electron chi connectivity index (χ0n) is 14.1. The maximum atomic E-state index is 12.8. The van der Waals surface area contributed by atoms with Gasteiger partial charge >= 0.3 is 12.1 Å². The van der Waals surface area contributed by atoms with Gasteiger partial charge in [-0.15, -0.1) is 0 Å². The predicted molar refractivity (Wildman–Crippen MR) is 82.8 cm³/mol. The molecular weight excluding hydrogens is 313 g/mol. The molecule has 0 bridgehead atoms. The molecule has 0 aromatic rings. The lowest BCUT2D eigenvalue weighted by molar-refractivity contribution is -0.284. The van der Waals surface area contributed by atoms with E-state index >= 15 is 0 Å². The Bertz CT molecular complexity index is 317. The minimum atomic E-state index is -5.41. The maximum Gasteiger partial charge on any atom is 0.453 e. The summed E-state index contributed by atoms with van der Waals surface area (Å²) < 4.78 is 61.6. The molecule has 1 aliphatic rings. The summed E-state index contributed by atoms with van der Waals surface area (Å²) in [6, 6.07) is 0.587. The van der Waals surface area contributed by atoms with E-state index in [4.69, 9.17) is 0 Å². The Morgan fingerprint density at radius 1 is 0.913 bits per heavy atom. The molecule has 1 aliphatic heterocycles. The monoisotopic (exact) mass is 343 g/mol. The Kier molecular flexibility index (Phi) is 8.80. The van der Waals surface area contributed by atoms with E-state index < -0.39 is 18.5 Å². The minimum Gasteiger partial charge on any atom is -0.300 e. The highest BCUT2D eigenvalue weighted by Crippen LogP contribution is 2.39. The number of unbranched alkanes of at least 4 members (excludes halogenated alkanes) is 5. The van der Waals surface area contributed by atoms with Gasteiger partial charge in [-0.05, 0) is 45.2 Å². The van der Waals surface area contributed by atoms with Gasteiger partial charge in [-0.2, -0.15) is 22.0 Å². The summed E-state index contributed by atoms with van der Waals surface area (Å²) in [6.45, 7) is 4.46. The quantitative estimate of drug-likeness (QED) is 0.320. The zero-order chi connectivity index (χ0) is 17.3. The van der Waals surface area contributed by atoms with Crippen LogP contribution >= 0.6 is 0 Å². The highest BCUT2D eigenvalue weighted by molar-refractivity contribution is 4.79. The number of rotatable bonds is 11. The molecule has 1 atom stereocenters. The molecule has 138 valence electrons. The second kappa shape index (κ2) is 9.80. The van der Waals surface area contributed by atoms with Gasteiger partial charge in [-0.1, -0.05) is 39.0 Å². The molecule has 1 heterocycles. The van der Waals surface area contributed by atoms with Crippen LogP contribution in [0, 0.1) is 0 Å². The van der Waals surface area contributed by atoms with Crippen LogP contribution in [-0.2, 0) is 0 Å². The molecule has 1 saturated heterocycles. The van der Waals surface area contributed by atoms with Crippen molar-refractivity contribution in [3.8, 4) is 0 Å². The number of nitrogens with zero attached hydrogens (tertiary/aromatic N) is 1. The number of halogens is 5. The molecule has 0 aliphatic carbocycles. The highest BCUT2D eigenvalue weighted by Gasteiger charge is 2.56. The summed E-state index contributed by atoms with van der Waals surface area (Å²) in [7, 11) is 0. The van der Waals surface area contributed by atoms with E-state index in [0.29, 0.717) is 12.5 Å². The topological polar surface area (TPSA) is 3.24 Å². The van der Waals surface area contributed by atoms with Crippen molar-refractivity contribution in [2.24, 2.45) is 0 Å². The Labute approximate surface area is 136 Å². The van der Waals surface area contributed by atoms with Crippen LogP contribution in [0.3, 0.4) is 0 Å². The second-order valence-electron chi connectivity index (χ2n) is 6.69. The number of hydrogen-bond acceptors (Lipinski definition) is 1. The predicted octanol–water partition coefficient (Wildman–Crippen LogP) is 6.18. The van der Waals surface area contributed by atoms with Crippen molar-refractivity contribution >= 4 is 0 Å². The van der Waals surface area contributed by atoms with Crippen LogP contribution in [0.5, 0.6) is 0 Å². The van der Waals surface area contributed by atoms with Crippen molar-refractivity contribution < 1.29 is 22.0 Å². The van der Waals surface area contributed by atoms with Gasteiger partial charge in [0.15, 0.2) is 0 Å². The summed E-state index contributed by atoms with van der Waals surface area (Å²) >= 11 is 0. The Hall–Kier alpha value is -0.390. The molecule has 0 spiro atoms. The van der Waals surface area contributed by atoms with E-state index in [-0.39, 0.29) is 6.42 Å². The third-order valence-electron chi connectivity index (χ3n) is 4.74. The fourth-order valence-corrected chi connectivity index (χ4v) is 3.30. The minimum absolute atomic E-state index is 0.0581. The molecule has 0 aromatic carbocycles. The molecule has 1 rings (SSSR count). The van der Waals surface area contributed by atoms with Crippen molar-refractivity contribution in [1.82, 2.24) is 4.90 Å². The standard InChI is InChI=1S/C17H30F5N/c1-2-3-8-13-23-14-9-11-15(23)10-6-4-5-7-12-16(18,19)17(20,21)22/h15H,2-14H2,1H3. The fourth-order valence-electron chi connectivity index (χ4n) is 3.30. The lowest BCUT2D eigenvalue weighted by atomic mass is 10.0. The van der Waals surface area contributed by atoms with Crippen LogP contribution in [0.15, 0.2) is 0 Å². The number of hydrogen-bond donors (Lipinski definition) is 0. The lowest BCUT2D eigenvalue weighted by Crippen LogP contribution is -2.36. The van der Waals surface area contributed by atoms with Gasteiger partial charge in [-0.3, -0.25) is 0 Å². The van der Waals surface area contributed by atoms with Gasteiger partial charge in [0.05, 0.1) is 0 Å². The van der Waals surface area contributed by atoms with E-state index in [1.165, 1.54) is 32.1 Å². The van der Waals surface area contributed by atoms with E-state index in [1.807, 2.05) is 0 Å². The van der Waals surface area contributed by atoms with Gasteiger partial charge in [-0.25, -0.2) is 0 Å². The Balaban J connectivity index is 2.10. The molecule has 23 heavy (non-hydrogen) atoms. The molecule has 0 radical (unpaired) electrons. The van der Waals surface area contributed by atoms with Crippen molar-refractivity contribution in [3.05, 3.63) is 0 Å². The molecule has 6 heteroatoms. The first-order valence-corrected chi connectivity index (χ1v) is 8.96. The van der Waals surface area contributed by atoms with Crippen molar-refractivity contribution in [2.75, 3.05) is 13.1 Å². The van der Waals surface area contributed by atoms with E-state index in [2.05, 4.69) is 11.8 Å². The van der Waals surface area contributed by atoms with Crippen LogP contribution in [0.25, 0.3) is 0 Å². The van der Waals surface area contributed by atoms with Crippen LogP contribution in [0.4, 0.5) is 22.0 Å². The Morgan fingerprint density at radius 2 is 1.61 bits per heavy atom. The maximum absolute atomic E-state index is 12.8. The van der Waals surface area contributed by atoms with Gasteiger partial charge in [0.2, 0.25) is 0 Å². The second-order valence-corrected chi connectivity index (χ2v) is 6.69. The molecule has 1 fully saturated rings. The summed E-state index contributed by atoms with van der Waals surface area (Å²) in [6.07, 6.45) is 2.70. The number of likely N-dealkylation sites (tertiary alicyclic amines) is 1. The van der Waals surface area contributed by atoms with Crippen molar-refractivity contribution in [3.63, 3.8) is 0 Å². The first-order chi connectivity index (χ1) is 10.8. The van der Waals surface area contributed by atoms with Crippen LogP contribution < -0.4 is 0 Å². The van der Waals surface area contributed by atoms with Crippen LogP contribution in [-0.4, -0.2) is 36.1 Å². The summed E-state index contributed by atoms with van der Waals surface area (Å²) in [5.74, 6) is -4.53. The van der Waals surface area contributed by atoms with Gasteiger partial charge < -0.3 is 4.90 Å². The van der Waals surface area contributed by atoms with Crippen molar-refractivity contribution in [1.29, 1.82) is 0 Å². The molecule has 1 nitrogen and oxygen atoms in total. The van der Waals surface area contributed by atoms with E-state index in [1.54, 1.807) is 0 Å². The molecule has 0 amide bonds. The third kappa shape index (κ3) is 7.36. The van der Waals surface area contributed by atoms with E-state index in [9.17, 15) is 22.0 Å². The highest BCUT2D eigenvalue weighted by atomic mass is 19.4. The molecule has 0 N–H and O–H groups in total. The molecule has 1 unspecified atom stereocenters. The van der Waals surface area contributed by atoms with Crippen LogP contribution in [0.1, 0.15) is 77.6 Å². The SMILES string of the molecule is CCCCCN1CCCC1CCCCCCC(F)(F)C(F)(F)F. The van der Waals surface area contributed by atoms with Gasteiger partial charge in [0.25, 0.3) is 0 Å². The first kappa shape index (κ1) is 20.7. The zero-order valence-corrected chi connectivity index (χ0v) is 14.1. The molecular formula is C17H30F5N. The smallest absolute Gasteiger partial charge is 0.300 e. The average Bonchev–Trinajstić information content (AvgIpc) is 2.89. The fraction of sp³-hybridized carbons (Fsp3) is 1.00. The summed E-state index contributed by atoms with van der Waals surface area (Å²) in [5.41, 5.74) is 0. The van der Waals surface area contributed by atoms with E-state index in [0.717, 1.165) is 32.4 Å². The van der Waals surface area contributed by atoms with Crippen molar-refractivity contribution in [2.45, 2.75) is 95.7 Å². The first-order valence-electron chi connectivity index (χ1n) is 8.96. The lowest BCUT2D eigenvalue weighted by Gasteiger charge is -2.24. The third-order valence-corrected chi connectivity index (χ3v) is 4.74. The normalized spacial score (nSPS) is 20.3. The summed E-state index contributed by atoms with van der Waals surface area (Å²) in [5, 5.41) is 0.